The molecule has 0 saturated carbocycles. The molecule has 0 saturated heterocycles. The average molecular weight is 395 g/mol. The number of rotatable bonds is 6. The van der Waals surface area contributed by atoms with Gasteiger partial charge in [-0.1, -0.05) is 53.7 Å². The van der Waals surface area contributed by atoms with Crippen molar-refractivity contribution in [3.63, 3.8) is 0 Å². The van der Waals surface area contributed by atoms with Crippen LogP contribution in [0, 0.1) is 5.82 Å². The molecule has 3 aromatic rings. The zero-order chi connectivity index (χ0) is 19.3. The summed E-state index contributed by atoms with van der Waals surface area (Å²) in [5.74, 6) is 0.220. The molecule has 0 fully saturated rings. The van der Waals surface area contributed by atoms with Gasteiger partial charge in [0.25, 0.3) is 5.56 Å². The van der Waals surface area contributed by atoms with Crippen LogP contribution in [0.4, 0.5) is 4.39 Å². The van der Waals surface area contributed by atoms with Crippen molar-refractivity contribution in [3.05, 3.63) is 81.9 Å². The second-order valence-electron chi connectivity index (χ2n) is 7.11. The van der Waals surface area contributed by atoms with E-state index in [4.69, 9.17) is 4.98 Å². The lowest BCUT2D eigenvalue weighted by Gasteiger charge is -2.16. The molecule has 0 spiro atoms. The fourth-order valence-electron chi connectivity index (χ4n) is 3.60. The number of hydrogen-bond donors (Lipinski definition) is 0. The fourth-order valence-corrected chi connectivity index (χ4v) is 4.61. The summed E-state index contributed by atoms with van der Waals surface area (Å²) in [6.07, 6.45) is 7.92. The van der Waals surface area contributed by atoms with Gasteiger partial charge >= 0.3 is 0 Å². The molecule has 2 aromatic carbocycles. The SMILES string of the molecule is O=c1c2ccccc2nc(SCc2ccccc2F)n1CCC1=CCCCC1. The van der Waals surface area contributed by atoms with Crippen LogP contribution in [0.5, 0.6) is 0 Å². The van der Waals surface area contributed by atoms with Crippen molar-refractivity contribution < 1.29 is 4.39 Å². The summed E-state index contributed by atoms with van der Waals surface area (Å²) >= 11 is 1.42. The summed E-state index contributed by atoms with van der Waals surface area (Å²) in [5.41, 5.74) is 2.72. The Labute approximate surface area is 168 Å². The molecular formula is C23H23FN2OS. The van der Waals surface area contributed by atoms with Crippen LogP contribution in [0.25, 0.3) is 10.9 Å². The molecule has 1 aliphatic carbocycles. The first kappa shape index (κ1) is 18.9. The van der Waals surface area contributed by atoms with Crippen LogP contribution in [-0.2, 0) is 12.3 Å². The van der Waals surface area contributed by atoms with Crippen molar-refractivity contribution in [2.45, 2.75) is 49.6 Å². The molecule has 0 amide bonds. The molecule has 0 atom stereocenters. The van der Waals surface area contributed by atoms with Gasteiger partial charge in [0.15, 0.2) is 5.16 Å². The van der Waals surface area contributed by atoms with E-state index in [9.17, 15) is 9.18 Å². The van der Waals surface area contributed by atoms with Gasteiger partial charge in [0.05, 0.1) is 10.9 Å². The van der Waals surface area contributed by atoms with Crippen LogP contribution in [-0.4, -0.2) is 9.55 Å². The Morgan fingerprint density at radius 2 is 1.89 bits per heavy atom. The van der Waals surface area contributed by atoms with Crippen LogP contribution in [0.1, 0.15) is 37.7 Å². The number of halogens is 1. The fraction of sp³-hybridized carbons (Fsp3) is 0.304. The van der Waals surface area contributed by atoms with E-state index in [1.54, 1.807) is 16.7 Å². The van der Waals surface area contributed by atoms with Crippen LogP contribution in [0.2, 0.25) is 0 Å². The molecular weight excluding hydrogens is 371 g/mol. The van der Waals surface area contributed by atoms with Gasteiger partial charge in [0.1, 0.15) is 5.82 Å². The molecule has 0 radical (unpaired) electrons. The van der Waals surface area contributed by atoms with Crippen molar-refractivity contribution in [1.82, 2.24) is 9.55 Å². The second kappa shape index (κ2) is 8.74. The van der Waals surface area contributed by atoms with Crippen LogP contribution in [0.15, 0.2) is 70.1 Å². The summed E-state index contributed by atoms with van der Waals surface area (Å²) < 4.78 is 15.8. The lowest BCUT2D eigenvalue weighted by molar-refractivity contribution is 0.569. The highest BCUT2D eigenvalue weighted by Crippen LogP contribution is 2.25. The average Bonchev–Trinajstić information content (AvgIpc) is 2.73. The molecule has 5 heteroatoms. The van der Waals surface area contributed by atoms with Crippen molar-refractivity contribution in [1.29, 1.82) is 0 Å². The van der Waals surface area contributed by atoms with E-state index in [2.05, 4.69) is 6.08 Å². The number of allylic oxidation sites excluding steroid dienone is 2. The van der Waals surface area contributed by atoms with E-state index >= 15 is 0 Å². The summed E-state index contributed by atoms with van der Waals surface area (Å²) in [7, 11) is 0. The summed E-state index contributed by atoms with van der Waals surface area (Å²) in [4.78, 5) is 17.8. The summed E-state index contributed by atoms with van der Waals surface area (Å²) in [6, 6.07) is 14.2. The van der Waals surface area contributed by atoms with E-state index in [1.807, 2.05) is 30.3 Å². The summed E-state index contributed by atoms with van der Waals surface area (Å²) in [6.45, 7) is 0.613. The maximum atomic E-state index is 14.0. The highest BCUT2D eigenvalue weighted by Gasteiger charge is 2.14. The Balaban J connectivity index is 1.65. The van der Waals surface area contributed by atoms with Gasteiger partial charge in [-0.25, -0.2) is 9.37 Å². The standard InChI is InChI=1S/C23H23FN2OS/c24-20-12-6-4-10-18(20)16-28-23-25-21-13-7-5-11-19(21)22(27)26(23)15-14-17-8-2-1-3-9-17/h4-8,10-13H,1-3,9,14-16H2. The van der Waals surface area contributed by atoms with Gasteiger partial charge < -0.3 is 0 Å². The third-order valence-electron chi connectivity index (χ3n) is 5.18. The maximum absolute atomic E-state index is 14.0. The molecule has 0 aliphatic heterocycles. The molecule has 1 aromatic heterocycles. The lowest BCUT2D eigenvalue weighted by atomic mass is 9.97. The normalized spacial score (nSPS) is 14.2. The monoisotopic (exact) mass is 394 g/mol. The molecule has 0 unspecified atom stereocenters. The molecule has 0 N–H and O–H groups in total. The summed E-state index contributed by atoms with van der Waals surface area (Å²) in [5, 5.41) is 1.29. The quantitative estimate of drug-likeness (QED) is 0.305. The van der Waals surface area contributed by atoms with Gasteiger partial charge in [-0.3, -0.25) is 9.36 Å². The largest absolute Gasteiger partial charge is 0.287 e. The molecule has 4 rings (SSSR count). The number of benzene rings is 2. The predicted molar refractivity (Wildman–Crippen MR) is 113 cm³/mol. The first-order valence-corrected chi connectivity index (χ1v) is 10.7. The minimum atomic E-state index is -0.225. The van der Waals surface area contributed by atoms with Crippen LogP contribution < -0.4 is 5.56 Å². The minimum absolute atomic E-state index is 0.0157. The van der Waals surface area contributed by atoms with Gasteiger partial charge in [0.2, 0.25) is 0 Å². The smallest absolute Gasteiger partial charge is 0.262 e. The van der Waals surface area contributed by atoms with Crippen LogP contribution in [0.3, 0.4) is 0 Å². The first-order valence-electron chi connectivity index (χ1n) is 9.76. The predicted octanol–water partition coefficient (Wildman–Crippen LogP) is 5.72. The van der Waals surface area contributed by atoms with Gasteiger partial charge in [-0.15, -0.1) is 0 Å². The van der Waals surface area contributed by atoms with E-state index in [0.717, 1.165) is 19.3 Å². The van der Waals surface area contributed by atoms with E-state index < -0.39 is 0 Å². The molecule has 144 valence electrons. The highest BCUT2D eigenvalue weighted by atomic mass is 32.2. The number of nitrogens with zero attached hydrogens (tertiary/aromatic N) is 2. The first-order chi connectivity index (χ1) is 13.7. The van der Waals surface area contributed by atoms with Crippen LogP contribution >= 0.6 is 11.8 Å². The Kier molecular flexibility index (Phi) is 5.91. The minimum Gasteiger partial charge on any atom is -0.287 e. The Bertz CT molecular complexity index is 1070. The molecule has 1 heterocycles. The number of thioether (sulfide) groups is 1. The third-order valence-corrected chi connectivity index (χ3v) is 6.21. The molecule has 1 aliphatic rings. The molecule has 3 nitrogen and oxygen atoms in total. The Hall–Kier alpha value is -2.40. The highest BCUT2D eigenvalue weighted by molar-refractivity contribution is 7.98. The van der Waals surface area contributed by atoms with Gasteiger partial charge in [-0.05, 0) is 55.9 Å². The number of fused-ring (bicyclic) bond motifs is 1. The third kappa shape index (κ3) is 4.20. The van der Waals surface area contributed by atoms with E-state index in [-0.39, 0.29) is 11.4 Å². The molecule has 0 bridgehead atoms. The van der Waals surface area contributed by atoms with Crippen molar-refractivity contribution in [2.24, 2.45) is 0 Å². The topological polar surface area (TPSA) is 34.9 Å². The number of hydrogen-bond acceptors (Lipinski definition) is 3. The van der Waals surface area contributed by atoms with Gasteiger partial charge in [-0.2, -0.15) is 0 Å². The number of aromatic nitrogens is 2. The number of para-hydroxylation sites is 1. The van der Waals surface area contributed by atoms with Crippen molar-refractivity contribution >= 4 is 22.7 Å². The lowest BCUT2D eigenvalue weighted by Crippen LogP contribution is -2.24. The van der Waals surface area contributed by atoms with E-state index in [1.165, 1.54) is 36.2 Å². The molecule has 28 heavy (non-hydrogen) atoms. The zero-order valence-corrected chi connectivity index (χ0v) is 16.6. The van der Waals surface area contributed by atoms with Crippen molar-refractivity contribution in [3.8, 4) is 0 Å². The van der Waals surface area contributed by atoms with Gasteiger partial charge in [0, 0.05) is 12.3 Å². The second-order valence-corrected chi connectivity index (χ2v) is 8.05. The Morgan fingerprint density at radius 1 is 1.07 bits per heavy atom. The van der Waals surface area contributed by atoms with Crippen molar-refractivity contribution in [2.75, 3.05) is 0 Å². The maximum Gasteiger partial charge on any atom is 0.262 e. The Morgan fingerprint density at radius 3 is 2.71 bits per heavy atom. The van der Waals surface area contributed by atoms with E-state index in [0.29, 0.717) is 33.9 Å². The zero-order valence-electron chi connectivity index (χ0n) is 15.7.